The van der Waals surface area contributed by atoms with Crippen molar-refractivity contribution in [1.29, 1.82) is 0 Å². The zero-order chi connectivity index (χ0) is 14.2. The fourth-order valence-corrected chi connectivity index (χ4v) is 0.849. The van der Waals surface area contributed by atoms with Crippen LogP contribution < -0.4 is 10.5 Å². The maximum Gasteiger partial charge on any atom is 0.168 e. The molecule has 6 nitrogen and oxygen atoms in total. The third-order valence-corrected chi connectivity index (χ3v) is 2.10. The number of carbonyl (C=O) groups is 1. The SMILES string of the molecule is CC(N)(CO)CO.COc1cccc(C=O)c1O. The van der Waals surface area contributed by atoms with Crippen molar-refractivity contribution < 1.29 is 24.9 Å². The maximum atomic E-state index is 10.3. The van der Waals surface area contributed by atoms with Gasteiger partial charge < -0.3 is 25.8 Å². The molecule has 0 aromatic heterocycles. The number of carbonyl (C=O) groups excluding carboxylic acids is 1. The number of aliphatic hydroxyl groups excluding tert-OH is 2. The smallest absolute Gasteiger partial charge is 0.168 e. The molecule has 1 aromatic rings. The lowest BCUT2D eigenvalue weighted by Gasteiger charge is -2.16. The van der Waals surface area contributed by atoms with Crippen LogP contribution in [0.4, 0.5) is 0 Å². The molecule has 102 valence electrons. The Hall–Kier alpha value is -1.63. The molecule has 1 rings (SSSR count). The first-order chi connectivity index (χ1) is 8.41. The van der Waals surface area contributed by atoms with E-state index >= 15 is 0 Å². The highest BCUT2D eigenvalue weighted by Crippen LogP contribution is 2.27. The quantitative estimate of drug-likeness (QED) is 0.560. The number of methoxy groups -OCH3 is 1. The van der Waals surface area contributed by atoms with Crippen LogP contribution in [0.2, 0.25) is 0 Å². The van der Waals surface area contributed by atoms with Gasteiger partial charge in [-0.25, -0.2) is 0 Å². The van der Waals surface area contributed by atoms with E-state index in [2.05, 4.69) is 0 Å². The van der Waals surface area contributed by atoms with Gasteiger partial charge in [-0.05, 0) is 19.1 Å². The fourth-order valence-electron chi connectivity index (χ4n) is 0.849. The van der Waals surface area contributed by atoms with Crippen molar-refractivity contribution in [2.45, 2.75) is 12.5 Å². The number of aromatic hydroxyl groups is 1. The van der Waals surface area contributed by atoms with Crippen molar-refractivity contribution in [2.24, 2.45) is 5.73 Å². The number of phenolic OH excluding ortho intramolecular Hbond substituents is 1. The number of nitrogens with two attached hydrogens (primary N) is 1. The second-order valence-corrected chi connectivity index (χ2v) is 3.99. The maximum absolute atomic E-state index is 10.3. The third kappa shape index (κ3) is 5.13. The summed E-state index contributed by atoms with van der Waals surface area (Å²) in [5.74, 6) is 0.208. The molecule has 18 heavy (non-hydrogen) atoms. The topological polar surface area (TPSA) is 113 Å². The van der Waals surface area contributed by atoms with Gasteiger partial charge in [0.15, 0.2) is 17.8 Å². The Morgan fingerprint density at radius 1 is 1.39 bits per heavy atom. The summed E-state index contributed by atoms with van der Waals surface area (Å²) in [6.45, 7) is 1.22. The van der Waals surface area contributed by atoms with Gasteiger partial charge in [-0.3, -0.25) is 4.79 Å². The lowest BCUT2D eigenvalue weighted by molar-refractivity contribution is 0.112. The minimum Gasteiger partial charge on any atom is -0.504 e. The van der Waals surface area contributed by atoms with Crippen LogP contribution in [0.15, 0.2) is 18.2 Å². The number of benzene rings is 1. The summed E-state index contributed by atoms with van der Waals surface area (Å²) < 4.78 is 4.78. The molecule has 0 amide bonds. The number of rotatable bonds is 4. The van der Waals surface area contributed by atoms with E-state index in [0.717, 1.165) is 0 Å². The number of hydrogen-bond donors (Lipinski definition) is 4. The third-order valence-electron chi connectivity index (χ3n) is 2.10. The van der Waals surface area contributed by atoms with Gasteiger partial charge in [-0.2, -0.15) is 0 Å². The summed E-state index contributed by atoms with van der Waals surface area (Å²) in [7, 11) is 1.43. The molecule has 0 aliphatic heterocycles. The van der Waals surface area contributed by atoms with Crippen LogP contribution in [0, 0.1) is 0 Å². The van der Waals surface area contributed by atoms with Gasteiger partial charge in [-0.15, -0.1) is 0 Å². The molecule has 0 unspecified atom stereocenters. The van der Waals surface area contributed by atoms with Gasteiger partial charge in [0, 0.05) is 0 Å². The van der Waals surface area contributed by atoms with Crippen LogP contribution in [0.25, 0.3) is 0 Å². The van der Waals surface area contributed by atoms with E-state index in [1.807, 2.05) is 0 Å². The Kier molecular flexibility index (Phi) is 6.96. The largest absolute Gasteiger partial charge is 0.504 e. The van der Waals surface area contributed by atoms with E-state index in [0.29, 0.717) is 12.0 Å². The highest BCUT2D eigenvalue weighted by Gasteiger charge is 2.13. The van der Waals surface area contributed by atoms with Gasteiger partial charge in [0.05, 0.1) is 31.4 Å². The zero-order valence-corrected chi connectivity index (χ0v) is 10.5. The van der Waals surface area contributed by atoms with E-state index in [-0.39, 0.29) is 24.5 Å². The predicted octanol–water partition coefficient (Wildman–Crippen LogP) is -0.0983. The molecule has 0 atom stereocenters. The molecule has 0 aliphatic rings. The monoisotopic (exact) mass is 257 g/mol. The summed E-state index contributed by atoms with van der Waals surface area (Å²) in [5.41, 5.74) is 4.65. The molecule has 0 aliphatic carbocycles. The molecule has 0 heterocycles. The van der Waals surface area contributed by atoms with E-state index in [9.17, 15) is 9.90 Å². The fraction of sp³-hybridized carbons (Fsp3) is 0.417. The van der Waals surface area contributed by atoms with Crippen molar-refractivity contribution in [1.82, 2.24) is 0 Å². The summed E-state index contributed by atoms with van der Waals surface area (Å²) >= 11 is 0. The van der Waals surface area contributed by atoms with Crippen LogP contribution in [0.5, 0.6) is 11.5 Å². The van der Waals surface area contributed by atoms with Crippen LogP contribution in [-0.2, 0) is 0 Å². The van der Waals surface area contributed by atoms with Gasteiger partial charge in [0.2, 0.25) is 0 Å². The normalized spacial score (nSPS) is 10.3. The number of phenols is 1. The average molecular weight is 257 g/mol. The van der Waals surface area contributed by atoms with E-state index in [4.69, 9.17) is 20.7 Å². The zero-order valence-electron chi connectivity index (χ0n) is 10.5. The van der Waals surface area contributed by atoms with Crippen molar-refractivity contribution >= 4 is 6.29 Å². The lowest BCUT2D eigenvalue weighted by atomic mass is 10.1. The van der Waals surface area contributed by atoms with E-state index in [1.165, 1.54) is 13.2 Å². The number of para-hydroxylation sites is 1. The van der Waals surface area contributed by atoms with Gasteiger partial charge in [-0.1, -0.05) is 6.07 Å². The van der Waals surface area contributed by atoms with Gasteiger partial charge >= 0.3 is 0 Å². The van der Waals surface area contributed by atoms with E-state index < -0.39 is 5.54 Å². The summed E-state index contributed by atoms with van der Waals surface area (Å²) in [6.07, 6.45) is 0.581. The van der Waals surface area contributed by atoms with Crippen molar-refractivity contribution in [3.05, 3.63) is 23.8 Å². The molecule has 0 spiro atoms. The Balaban J connectivity index is 0.000000360. The second-order valence-electron chi connectivity index (χ2n) is 3.99. The number of hydrogen-bond acceptors (Lipinski definition) is 6. The molecule has 0 fully saturated rings. The Morgan fingerprint density at radius 3 is 2.28 bits per heavy atom. The van der Waals surface area contributed by atoms with Crippen molar-refractivity contribution in [2.75, 3.05) is 20.3 Å². The summed E-state index contributed by atoms with van der Waals surface area (Å²) in [5, 5.41) is 25.9. The molecule has 0 radical (unpaired) electrons. The first kappa shape index (κ1) is 16.4. The minimum atomic E-state index is -0.806. The molecular formula is C12H19NO5. The van der Waals surface area contributed by atoms with Crippen LogP contribution >= 0.6 is 0 Å². The first-order valence-corrected chi connectivity index (χ1v) is 5.23. The first-order valence-electron chi connectivity index (χ1n) is 5.23. The summed E-state index contributed by atoms with van der Waals surface area (Å²) in [6, 6.07) is 4.75. The summed E-state index contributed by atoms with van der Waals surface area (Å²) in [4.78, 5) is 10.3. The van der Waals surface area contributed by atoms with Gasteiger partial charge in [0.1, 0.15) is 0 Å². The van der Waals surface area contributed by atoms with Crippen LogP contribution in [-0.4, -0.2) is 47.5 Å². The van der Waals surface area contributed by atoms with Gasteiger partial charge in [0.25, 0.3) is 0 Å². The molecule has 0 saturated heterocycles. The number of aldehydes is 1. The Morgan fingerprint density at radius 2 is 1.94 bits per heavy atom. The van der Waals surface area contributed by atoms with Crippen LogP contribution in [0.1, 0.15) is 17.3 Å². The Labute approximate surface area is 106 Å². The number of ether oxygens (including phenoxy) is 1. The molecule has 5 N–H and O–H groups in total. The molecule has 0 saturated carbocycles. The average Bonchev–Trinajstić information content (AvgIpc) is 2.40. The molecule has 1 aromatic carbocycles. The van der Waals surface area contributed by atoms with Crippen molar-refractivity contribution in [3.63, 3.8) is 0 Å². The molecule has 0 bridgehead atoms. The molecule has 6 heteroatoms. The number of aliphatic hydroxyl groups is 2. The predicted molar refractivity (Wildman–Crippen MR) is 66.8 cm³/mol. The highest BCUT2D eigenvalue weighted by atomic mass is 16.5. The Bertz CT molecular complexity index is 373. The highest BCUT2D eigenvalue weighted by molar-refractivity contribution is 5.80. The lowest BCUT2D eigenvalue weighted by Crippen LogP contribution is -2.43. The minimum absolute atomic E-state index is 0.106. The van der Waals surface area contributed by atoms with Crippen LogP contribution in [0.3, 0.4) is 0 Å². The standard InChI is InChI=1S/C8H8O3.C4H11NO2/c1-11-7-4-2-3-6(5-9)8(7)10;1-4(5,2-6)3-7/h2-5,10H,1H3;6-7H,2-3,5H2,1H3. The molecular weight excluding hydrogens is 238 g/mol. The van der Waals surface area contributed by atoms with E-state index in [1.54, 1.807) is 19.1 Å². The second kappa shape index (κ2) is 7.65. The van der Waals surface area contributed by atoms with Crippen molar-refractivity contribution in [3.8, 4) is 11.5 Å².